The number of nitrogens with zero attached hydrogens (tertiary/aromatic N) is 1. The summed E-state index contributed by atoms with van der Waals surface area (Å²) in [5.41, 5.74) is 0.767. The molecule has 1 aliphatic heterocycles. The SMILES string of the molecule is CCOC(=O)CNC(=S)N1C(=S)O[C@@H](c2ccccc2)[C@@H]1C(=O)OCC. The van der Waals surface area contributed by atoms with Crippen LogP contribution in [0.2, 0.25) is 0 Å². The van der Waals surface area contributed by atoms with Crippen LogP contribution in [0.15, 0.2) is 30.3 Å². The lowest BCUT2D eigenvalue weighted by Gasteiger charge is -2.24. The van der Waals surface area contributed by atoms with E-state index in [1.54, 1.807) is 13.8 Å². The molecule has 0 aromatic heterocycles. The molecule has 0 bridgehead atoms. The molecule has 2 rings (SSSR count). The van der Waals surface area contributed by atoms with Crippen molar-refractivity contribution in [3.63, 3.8) is 0 Å². The molecule has 0 spiro atoms. The van der Waals surface area contributed by atoms with Gasteiger partial charge in [0, 0.05) is 0 Å². The fraction of sp³-hybridized carbons (Fsp3) is 0.412. The van der Waals surface area contributed by atoms with Gasteiger partial charge in [-0.2, -0.15) is 0 Å². The normalized spacial score (nSPS) is 18.8. The largest absolute Gasteiger partial charge is 0.465 e. The minimum Gasteiger partial charge on any atom is -0.465 e. The van der Waals surface area contributed by atoms with Crippen molar-refractivity contribution >= 4 is 46.7 Å². The van der Waals surface area contributed by atoms with Crippen LogP contribution in [0, 0.1) is 0 Å². The number of esters is 2. The number of rotatable bonds is 6. The third-order valence-electron chi connectivity index (χ3n) is 3.55. The third kappa shape index (κ3) is 4.67. The number of hydrogen-bond donors (Lipinski definition) is 1. The molecule has 2 atom stereocenters. The fourth-order valence-corrected chi connectivity index (χ4v) is 3.12. The first-order chi connectivity index (χ1) is 12.5. The summed E-state index contributed by atoms with van der Waals surface area (Å²) in [6.45, 7) is 3.75. The first-order valence-electron chi connectivity index (χ1n) is 8.14. The number of thiocarbonyl (C=S) groups is 2. The quantitative estimate of drug-likeness (QED) is 0.571. The van der Waals surface area contributed by atoms with Crippen LogP contribution in [0.3, 0.4) is 0 Å². The molecular weight excluding hydrogens is 376 g/mol. The standard InChI is InChI=1S/C17H20N2O5S2/c1-3-22-12(20)10-18-16(25)19-13(15(21)23-4-2)14(24-17(19)26)11-8-6-5-7-9-11/h5-9,13-14H,3-4,10H2,1-2H3,(H,18,25)/t13-,14+/m1/s1. The minimum absolute atomic E-state index is 0.0401. The van der Waals surface area contributed by atoms with E-state index >= 15 is 0 Å². The monoisotopic (exact) mass is 396 g/mol. The Bertz CT molecular complexity index is 683. The van der Waals surface area contributed by atoms with Crippen molar-refractivity contribution < 1.29 is 23.8 Å². The Balaban J connectivity index is 2.22. The van der Waals surface area contributed by atoms with E-state index in [1.807, 2.05) is 30.3 Å². The molecule has 1 aromatic rings. The highest BCUT2D eigenvalue weighted by molar-refractivity contribution is 7.81. The summed E-state index contributed by atoms with van der Waals surface area (Å²) < 4.78 is 15.7. The van der Waals surface area contributed by atoms with Gasteiger partial charge < -0.3 is 19.5 Å². The van der Waals surface area contributed by atoms with Crippen LogP contribution in [-0.4, -0.2) is 52.9 Å². The lowest BCUT2D eigenvalue weighted by molar-refractivity contribution is -0.148. The van der Waals surface area contributed by atoms with E-state index in [1.165, 1.54) is 4.90 Å². The fourth-order valence-electron chi connectivity index (χ4n) is 2.48. The highest BCUT2D eigenvalue weighted by Crippen LogP contribution is 2.33. The molecule has 0 radical (unpaired) electrons. The van der Waals surface area contributed by atoms with E-state index in [0.717, 1.165) is 5.56 Å². The number of ether oxygens (including phenoxy) is 3. The third-order valence-corrected chi connectivity index (χ3v) is 4.19. The molecule has 1 aromatic carbocycles. The zero-order chi connectivity index (χ0) is 19.1. The Labute approximate surface area is 162 Å². The zero-order valence-electron chi connectivity index (χ0n) is 14.5. The summed E-state index contributed by atoms with van der Waals surface area (Å²) in [6.07, 6.45) is -0.662. The molecule has 7 nitrogen and oxygen atoms in total. The molecule has 1 N–H and O–H groups in total. The van der Waals surface area contributed by atoms with Crippen molar-refractivity contribution in [2.45, 2.75) is 26.0 Å². The molecule has 1 aliphatic rings. The predicted octanol–water partition coefficient (Wildman–Crippen LogP) is 1.71. The second-order valence-corrected chi connectivity index (χ2v) is 5.98. The van der Waals surface area contributed by atoms with E-state index < -0.39 is 24.1 Å². The average Bonchev–Trinajstić information content (AvgIpc) is 2.98. The van der Waals surface area contributed by atoms with E-state index in [-0.39, 0.29) is 30.0 Å². The van der Waals surface area contributed by atoms with Gasteiger partial charge in [0.1, 0.15) is 6.54 Å². The van der Waals surface area contributed by atoms with Gasteiger partial charge in [-0.3, -0.25) is 9.69 Å². The van der Waals surface area contributed by atoms with Crippen LogP contribution in [0.1, 0.15) is 25.5 Å². The summed E-state index contributed by atoms with van der Waals surface area (Å²) in [5.74, 6) is -0.977. The molecule has 1 heterocycles. The van der Waals surface area contributed by atoms with E-state index in [4.69, 9.17) is 38.6 Å². The Hall–Kier alpha value is -2.26. The number of hydrogen-bond acceptors (Lipinski definition) is 7. The molecule has 26 heavy (non-hydrogen) atoms. The van der Waals surface area contributed by atoms with Crippen LogP contribution in [0.4, 0.5) is 0 Å². The Kier molecular flexibility index (Phi) is 7.28. The topological polar surface area (TPSA) is 77.1 Å². The number of carbonyl (C=O) groups is 2. The van der Waals surface area contributed by atoms with Gasteiger partial charge in [0.25, 0.3) is 5.17 Å². The summed E-state index contributed by atoms with van der Waals surface area (Å²) in [6, 6.07) is 8.32. The second-order valence-electron chi connectivity index (χ2n) is 5.25. The maximum Gasteiger partial charge on any atom is 0.333 e. The summed E-state index contributed by atoms with van der Waals surface area (Å²) in [5, 5.41) is 2.88. The maximum atomic E-state index is 12.5. The lowest BCUT2D eigenvalue weighted by Crippen LogP contribution is -2.50. The molecule has 0 saturated carbocycles. The van der Waals surface area contributed by atoms with Crippen molar-refractivity contribution in [3.8, 4) is 0 Å². The minimum atomic E-state index is -0.882. The van der Waals surface area contributed by atoms with E-state index in [9.17, 15) is 9.59 Å². The van der Waals surface area contributed by atoms with Crippen molar-refractivity contribution in [3.05, 3.63) is 35.9 Å². The Morgan fingerprint density at radius 1 is 1.19 bits per heavy atom. The van der Waals surface area contributed by atoms with Gasteiger partial charge in [-0.1, -0.05) is 30.3 Å². The van der Waals surface area contributed by atoms with Gasteiger partial charge in [-0.05, 0) is 43.8 Å². The van der Waals surface area contributed by atoms with Crippen molar-refractivity contribution in [1.82, 2.24) is 10.2 Å². The zero-order valence-corrected chi connectivity index (χ0v) is 16.1. The maximum absolute atomic E-state index is 12.5. The van der Waals surface area contributed by atoms with E-state index in [0.29, 0.717) is 0 Å². The summed E-state index contributed by atoms with van der Waals surface area (Å²) >= 11 is 10.6. The van der Waals surface area contributed by atoms with Gasteiger partial charge >= 0.3 is 11.9 Å². The lowest BCUT2D eigenvalue weighted by atomic mass is 10.0. The van der Waals surface area contributed by atoms with Crippen LogP contribution in [0.25, 0.3) is 0 Å². The number of nitrogens with one attached hydrogen (secondary N) is 1. The van der Waals surface area contributed by atoms with Gasteiger partial charge in [-0.25, -0.2) is 4.79 Å². The summed E-state index contributed by atoms with van der Waals surface area (Å²) in [4.78, 5) is 25.4. The second kappa shape index (κ2) is 9.44. The van der Waals surface area contributed by atoms with Gasteiger partial charge in [0.2, 0.25) is 0 Å². The van der Waals surface area contributed by atoms with Crippen LogP contribution in [-0.2, 0) is 23.8 Å². The van der Waals surface area contributed by atoms with Crippen molar-refractivity contribution in [2.24, 2.45) is 0 Å². The van der Waals surface area contributed by atoms with Gasteiger partial charge in [0.05, 0.1) is 13.2 Å². The highest BCUT2D eigenvalue weighted by atomic mass is 32.1. The Morgan fingerprint density at radius 2 is 1.85 bits per heavy atom. The molecular formula is C17H20N2O5S2. The molecule has 140 valence electrons. The molecule has 9 heteroatoms. The molecule has 0 amide bonds. The molecule has 0 unspecified atom stereocenters. The van der Waals surface area contributed by atoms with Crippen LogP contribution < -0.4 is 5.32 Å². The van der Waals surface area contributed by atoms with E-state index in [2.05, 4.69) is 5.32 Å². The van der Waals surface area contributed by atoms with Gasteiger partial charge in [0.15, 0.2) is 17.3 Å². The summed E-state index contributed by atoms with van der Waals surface area (Å²) in [7, 11) is 0. The molecule has 1 saturated heterocycles. The van der Waals surface area contributed by atoms with Gasteiger partial charge in [-0.15, -0.1) is 0 Å². The van der Waals surface area contributed by atoms with Crippen LogP contribution >= 0.6 is 24.4 Å². The Morgan fingerprint density at radius 3 is 2.46 bits per heavy atom. The smallest absolute Gasteiger partial charge is 0.333 e. The van der Waals surface area contributed by atoms with Crippen LogP contribution in [0.5, 0.6) is 0 Å². The molecule has 0 aliphatic carbocycles. The highest BCUT2D eigenvalue weighted by Gasteiger charge is 2.47. The number of carbonyl (C=O) groups excluding carboxylic acids is 2. The first-order valence-corrected chi connectivity index (χ1v) is 8.96. The molecule has 1 fully saturated rings. The predicted molar refractivity (Wildman–Crippen MR) is 102 cm³/mol. The van der Waals surface area contributed by atoms with Crippen molar-refractivity contribution in [1.29, 1.82) is 0 Å². The first kappa shape index (κ1) is 20.1. The average molecular weight is 396 g/mol. The van der Waals surface area contributed by atoms with Crippen molar-refractivity contribution in [2.75, 3.05) is 19.8 Å². The number of benzene rings is 1.